The summed E-state index contributed by atoms with van der Waals surface area (Å²) in [7, 11) is 0. The molecule has 0 saturated heterocycles. The van der Waals surface area contributed by atoms with Crippen LogP contribution in [0.1, 0.15) is 54.4 Å². The van der Waals surface area contributed by atoms with Crippen LogP contribution in [0.5, 0.6) is 0 Å². The second kappa shape index (κ2) is 7.42. The Labute approximate surface area is 128 Å². The first kappa shape index (κ1) is 15.8. The van der Waals surface area contributed by atoms with Crippen LogP contribution in [0, 0.1) is 13.8 Å². The third-order valence-electron chi connectivity index (χ3n) is 4.11. The van der Waals surface area contributed by atoms with Gasteiger partial charge in [0.15, 0.2) is 0 Å². The fourth-order valence-electron chi connectivity index (χ4n) is 2.76. The van der Waals surface area contributed by atoms with E-state index in [0.717, 1.165) is 19.3 Å². The molecular weight excluding hydrogens is 256 g/mol. The number of aliphatic hydroxyl groups excluding tert-OH is 1. The van der Waals surface area contributed by atoms with Gasteiger partial charge in [-0.05, 0) is 31.4 Å². The van der Waals surface area contributed by atoms with E-state index in [-0.39, 0.29) is 12.0 Å². The normalized spacial score (nSPS) is 12.6. The molecule has 0 aliphatic heterocycles. The highest BCUT2D eigenvalue weighted by Gasteiger charge is 2.22. The average Bonchev–Trinajstić information content (AvgIpc) is 2.49. The van der Waals surface area contributed by atoms with Crippen LogP contribution < -0.4 is 0 Å². The van der Waals surface area contributed by atoms with E-state index >= 15 is 0 Å². The quantitative estimate of drug-likeness (QED) is 0.791. The minimum Gasteiger partial charge on any atom is -0.392 e. The molecule has 1 heteroatoms. The topological polar surface area (TPSA) is 20.2 Å². The maximum absolute atomic E-state index is 10.7. The molecule has 0 radical (unpaired) electrons. The molecule has 1 N–H and O–H groups in total. The summed E-state index contributed by atoms with van der Waals surface area (Å²) in [5.41, 5.74) is 4.91. The number of aliphatic hydroxyl groups is 1. The first-order valence-electron chi connectivity index (χ1n) is 7.93. The average molecular weight is 282 g/mol. The van der Waals surface area contributed by atoms with E-state index in [0.29, 0.717) is 0 Å². The lowest BCUT2D eigenvalue weighted by molar-refractivity contribution is 0.144. The molecule has 2 aromatic rings. The predicted octanol–water partition coefficient (Wildman–Crippen LogP) is 4.99. The van der Waals surface area contributed by atoms with E-state index in [1.165, 1.54) is 22.3 Å². The van der Waals surface area contributed by atoms with Gasteiger partial charge >= 0.3 is 0 Å². The Morgan fingerprint density at radius 1 is 0.810 bits per heavy atom. The molecule has 0 saturated carbocycles. The third kappa shape index (κ3) is 4.18. The summed E-state index contributed by atoms with van der Waals surface area (Å²) in [6, 6.07) is 17.1. The first-order valence-corrected chi connectivity index (χ1v) is 7.93. The number of aryl methyl sites for hydroxylation is 2. The highest BCUT2D eigenvalue weighted by molar-refractivity contribution is 5.36. The Morgan fingerprint density at radius 2 is 1.24 bits per heavy atom. The van der Waals surface area contributed by atoms with Crippen molar-refractivity contribution < 1.29 is 5.11 Å². The van der Waals surface area contributed by atoms with Gasteiger partial charge in [0.05, 0.1) is 6.10 Å². The van der Waals surface area contributed by atoms with Gasteiger partial charge in [0.25, 0.3) is 0 Å². The van der Waals surface area contributed by atoms with Crippen molar-refractivity contribution in [2.75, 3.05) is 0 Å². The van der Waals surface area contributed by atoms with Crippen molar-refractivity contribution in [1.82, 2.24) is 0 Å². The van der Waals surface area contributed by atoms with Crippen LogP contribution in [-0.4, -0.2) is 11.2 Å². The minimum absolute atomic E-state index is 0.0674. The maximum Gasteiger partial charge on any atom is 0.0649 e. The molecule has 0 spiro atoms. The number of rotatable bonds is 6. The fraction of sp³-hybridized carbons (Fsp3) is 0.400. The fourth-order valence-corrected chi connectivity index (χ4v) is 2.76. The standard InChI is InChI=1S/C20H26O/c1-4-5-6-19(21)20(17-11-7-15(2)8-12-17)18-13-9-16(3)10-14-18/h7-14,19-21H,4-6H2,1-3H3. The van der Waals surface area contributed by atoms with Gasteiger partial charge in [0.2, 0.25) is 0 Å². The van der Waals surface area contributed by atoms with E-state index in [4.69, 9.17) is 0 Å². The molecule has 0 aliphatic carbocycles. The first-order chi connectivity index (χ1) is 10.1. The SMILES string of the molecule is CCCCC(O)C(c1ccc(C)cc1)c1ccc(C)cc1. The van der Waals surface area contributed by atoms with Crippen LogP contribution in [0.3, 0.4) is 0 Å². The Kier molecular flexibility index (Phi) is 5.58. The highest BCUT2D eigenvalue weighted by atomic mass is 16.3. The van der Waals surface area contributed by atoms with Crippen molar-refractivity contribution in [2.24, 2.45) is 0 Å². The molecule has 0 aliphatic rings. The molecule has 2 rings (SSSR count). The van der Waals surface area contributed by atoms with Gasteiger partial charge in [-0.1, -0.05) is 79.4 Å². The van der Waals surface area contributed by atoms with Crippen LogP contribution >= 0.6 is 0 Å². The molecule has 1 unspecified atom stereocenters. The van der Waals surface area contributed by atoms with Crippen LogP contribution in [0.4, 0.5) is 0 Å². The monoisotopic (exact) mass is 282 g/mol. The van der Waals surface area contributed by atoms with Gasteiger partial charge in [-0.2, -0.15) is 0 Å². The largest absolute Gasteiger partial charge is 0.392 e. The number of hydrogen-bond acceptors (Lipinski definition) is 1. The Balaban J connectivity index is 2.33. The molecule has 0 heterocycles. The van der Waals surface area contributed by atoms with Crippen LogP contribution in [0.2, 0.25) is 0 Å². The summed E-state index contributed by atoms with van der Waals surface area (Å²) in [6.07, 6.45) is 2.71. The van der Waals surface area contributed by atoms with Crippen LogP contribution in [0.15, 0.2) is 48.5 Å². The maximum atomic E-state index is 10.7. The lowest BCUT2D eigenvalue weighted by Crippen LogP contribution is -2.19. The van der Waals surface area contributed by atoms with Gasteiger partial charge in [-0.25, -0.2) is 0 Å². The zero-order chi connectivity index (χ0) is 15.2. The lowest BCUT2D eigenvalue weighted by atomic mass is 9.84. The molecule has 21 heavy (non-hydrogen) atoms. The van der Waals surface area contributed by atoms with Crippen molar-refractivity contribution >= 4 is 0 Å². The van der Waals surface area contributed by atoms with Gasteiger partial charge in [0.1, 0.15) is 0 Å². The van der Waals surface area contributed by atoms with Gasteiger partial charge in [-0.15, -0.1) is 0 Å². The molecule has 0 amide bonds. The number of unbranched alkanes of at least 4 members (excludes halogenated alkanes) is 1. The summed E-state index contributed by atoms with van der Waals surface area (Å²) >= 11 is 0. The van der Waals surface area contributed by atoms with Crippen molar-refractivity contribution in [2.45, 2.75) is 52.1 Å². The van der Waals surface area contributed by atoms with E-state index < -0.39 is 0 Å². The molecule has 1 atom stereocenters. The zero-order valence-corrected chi connectivity index (χ0v) is 13.3. The van der Waals surface area contributed by atoms with Crippen LogP contribution in [0.25, 0.3) is 0 Å². The number of hydrogen-bond donors (Lipinski definition) is 1. The van der Waals surface area contributed by atoms with Gasteiger partial charge < -0.3 is 5.11 Å². The van der Waals surface area contributed by atoms with E-state index in [1.807, 2.05) is 0 Å². The molecule has 0 bridgehead atoms. The molecule has 1 nitrogen and oxygen atoms in total. The molecule has 112 valence electrons. The van der Waals surface area contributed by atoms with Crippen LogP contribution in [-0.2, 0) is 0 Å². The second-order valence-electron chi connectivity index (χ2n) is 6.01. The minimum atomic E-state index is -0.324. The highest BCUT2D eigenvalue weighted by Crippen LogP contribution is 2.31. The molecule has 2 aromatic carbocycles. The Bertz CT molecular complexity index is 494. The molecule has 0 fully saturated rings. The molecule has 0 aromatic heterocycles. The number of benzene rings is 2. The van der Waals surface area contributed by atoms with E-state index in [9.17, 15) is 5.11 Å². The van der Waals surface area contributed by atoms with Gasteiger partial charge in [-0.3, -0.25) is 0 Å². The van der Waals surface area contributed by atoms with Crippen molar-refractivity contribution in [3.05, 3.63) is 70.8 Å². The lowest BCUT2D eigenvalue weighted by Gasteiger charge is -2.24. The predicted molar refractivity (Wildman–Crippen MR) is 89.7 cm³/mol. The third-order valence-corrected chi connectivity index (χ3v) is 4.11. The van der Waals surface area contributed by atoms with Crippen molar-refractivity contribution in [1.29, 1.82) is 0 Å². The van der Waals surface area contributed by atoms with Gasteiger partial charge in [0, 0.05) is 5.92 Å². The van der Waals surface area contributed by atoms with Crippen molar-refractivity contribution in [3.63, 3.8) is 0 Å². The summed E-state index contributed by atoms with van der Waals surface area (Å²) in [5, 5.41) is 10.7. The summed E-state index contributed by atoms with van der Waals surface area (Å²) in [5.74, 6) is 0.0674. The molecular formula is C20H26O. The Hall–Kier alpha value is -1.60. The van der Waals surface area contributed by atoms with Crippen molar-refractivity contribution in [3.8, 4) is 0 Å². The van der Waals surface area contributed by atoms with E-state index in [2.05, 4.69) is 69.3 Å². The second-order valence-corrected chi connectivity index (χ2v) is 6.01. The smallest absolute Gasteiger partial charge is 0.0649 e. The summed E-state index contributed by atoms with van der Waals surface area (Å²) < 4.78 is 0. The zero-order valence-electron chi connectivity index (χ0n) is 13.3. The summed E-state index contributed by atoms with van der Waals surface area (Å²) in [4.78, 5) is 0. The Morgan fingerprint density at radius 3 is 1.62 bits per heavy atom. The summed E-state index contributed by atoms with van der Waals surface area (Å²) in [6.45, 7) is 6.36. The van der Waals surface area contributed by atoms with E-state index in [1.54, 1.807) is 0 Å².